The maximum absolute atomic E-state index is 5.84. The minimum Gasteiger partial charge on any atom is -0.381 e. The Balaban J connectivity index is 0.00000450. The molecule has 7 heteroatoms. The van der Waals surface area contributed by atoms with Gasteiger partial charge in [0.1, 0.15) is 0 Å². The first-order valence-electron chi connectivity index (χ1n) is 11.1. The molecule has 6 nitrogen and oxygen atoms in total. The SMILES string of the molecule is CCNC(=NCc1cccc(CN(C)CC)c1)NCCCOCC1CCOCC1.I. The number of ether oxygens (including phenoxy) is 2. The Morgan fingerprint density at radius 1 is 1.20 bits per heavy atom. The average molecular weight is 533 g/mol. The van der Waals surface area contributed by atoms with Crippen LogP contribution in [0.25, 0.3) is 0 Å². The number of halogens is 1. The summed E-state index contributed by atoms with van der Waals surface area (Å²) in [6, 6.07) is 8.71. The second-order valence-corrected chi connectivity index (χ2v) is 7.76. The Hall–Kier alpha value is -0.900. The molecule has 2 rings (SSSR count). The third-order valence-electron chi connectivity index (χ3n) is 5.20. The molecule has 0 bridgehead atoms. The summed E-state index contributed by atoms with van der Waals surface area (Å²) in [5, 5.41) is 6.74. The lowest BCUT2D eigenvalue weighted by molar-refractivity contribution is 0.0203. The standard InChI is InChI=1S/C23H40N4O2.HI/c1-4-24-23(25-12-7-13-29-19-20-10-14-28-15-11-20)26-17-21-8-6-9-22(16-21)18-27(3)5-2;/h6,8-9,16,20H,4-5,7,10-15,17-19H2,1-3H3,(H2,24,25,26);1H. The van der Waals surface area contributed by atoms with Gasteiger partial charge in [-0.2, -0.15) is 0 Å². The first kappa shape index (κ1) is 27.1. The Morgan fingerprint density at radius 2 is 1.97 bits per heavy atom. The number of benzene rings is 1. The van der Waals surface area contributed by atoms with Crippen molar-refractivity contribution in [1.82, 2.24) is 15.5 Å². The summed E-state index contributed by atoms with van der Waals surface area (Å²) in [7, 11) is 2.14. The van der Waals surface area contributed by atoms with E-state index in [1.807, 2.05) is 0 Å². The smallest absolute Gasteiger partial charge is 0.191 e. The lowest BCUT2D eigenvalue weighted by atomic mass is 10.0. The molecule has 1 aromatic rings. The molecule has 1 aromatic carbocycles. The molecule has 0 unspecified atom stereocenters. The minimum atomic E-state index is 0. The quantitative estimate of drug-likeness (QED) is 0.186. The molecule has 0 aliphatic carbocycles. The highest BCUT2D eigenvalue weighted by atomic mass is 127. The van der Waals surface area contributed by atoms with Crippen LogP contribution in [0, 0.1) is 5.92 Å². The zero-order valence-corrected chi connectivity index (χ0v) is 21.3. The lowest BCUT2D eigenvalue weighted by Gasteiger charge is -2.21. The molecule has 1 fully saturated rings. The number of rotatable bonds is 12. The van der Waals surface area contributed by atoms with Crippen molar-refractivity contribution >= 4 is 29.9 Å². The molecular formula is C23H41IN4O2. The summed E-state index contributed by atoms with van der Waals surface area (Å²) in [6.45, 7) is 12.1. The molecule has 1 aliphatic heterocycles. The molecule has 0 saturated carbocycles. The van der Waals surface area contributed by atoms with Crippen molar-refractivity contribution in [3.63, 3.8) is 0 Å². The van der Waals surface area contributed by atoms with Crippen molar-refractivity contribution in [1.29, 1.82) is 0 Å². The summed E-state index contributed by atoms with van der Waals surface area (Å²) in [5.74, 6) is 1.54. The number of aliphatic imine (C=N–C) groups is 1. The van der Waals surface area contributed by atoms with Gasteiger partial charge in [0.25, 0.3) is 0 Å². The van der Waals surface area contributed by atoms with Crippen LogP contribution < -0.4 is 10.6 Å². The van der Waals surface area contributed by atoms with E-state index in [1.165, 1.54) is 11.1 Å². The summed E-state index contributed by atoms with van der Waals surface area (Å²) in [6.07, 6.45) is 3.24. The highest BCUT2D eigenvalue weighted by Gasteiger charge is 2.13. The van der Waals surface area contributed by atoms with Crippen molar-refractivity contribution in [3.05, 3.63) is 35.4 Å². The average Bonchev–Trinajstić information content (AvgIpc) is 2.75. The third-order valence-corrected chi connectivity index (χ3v) is 5.20. The fourth-order valence-corrected chi connectivity index (χ4v) is 3.31. The van der Waals surface area contributed by atoms with Gasteiger partial charge in [-0.25, -0.2) is 4.99 Å². The normalized spacial score (nSPS) is 15.1. The van der Waals surface area contributed by atoms with E-state index in [0.29, 0.717) is 12.5 Å². The van der Waals surface area contributed by atoms with Crippen LogP contribution in [0.1, 0.15) is 44.2 Å². The van der Waals surface area contributed by atoms with Gasteiger partial charge in [-0.1, -0.05) is 31.2 Å². The molecule has 1 aliphatic rings. The van der Waals surface area contributed by atoms with Crippen LogP contribution in [0.2, 0.25) is 0 Å². The van der Waals surface area contributed by atoms with E-state index in [-0.39, 0.29) is 24.0 Å². The predicted molar refractivity (Wildman–Crippen MR) is 136 cm³/mol. The van der Waals surface area contributed by atoms with Crippen LogP contribution in [0.15, 0.2) is 29.3 Å². The van der Waals surface area contributed by atoms with Crippen LogP contribution >= 0.6 is 24.0 Å². The first-order chi connectivity index (χ1) is 14.2. The van der Waals surface area contributed by atoms with Gasteiger partial charge in [-0.15, -0.1) is 24.0 Å². The fraction of sp³-hybridized carbons (Fsp3) is 0.696. The fourth-order valence-electron chi connectivity index (χ4n) is 3.31. The molecule has 0 radical (unpaired) electrons. The van der Waals surface area contributed by atoms with Crippen molar-refractivity contribution in [3.8, 4) is 0 Å². The van der Waals surface area contributed by atoms with Gasteiger partial charge in [-0.05, 0) is 56.8 Å². The lowest BCUT2D eigenvalue weighted by Crippen LogP contribution is -2.38. The van der Waals surface area contributed by atoms with Crippen molar-refractivity contribution in [2.75, 3.05) is 53.1 Å². The Kier molecular flexibility index (Phi) is 15.2. The maximum atomic E-state index is 5.84. The molecule has 2 N–H and O–H groups in total. The van der Waals surface area contributed by atoms with E-state index in [1.54, 1.807) is 0 Å². The summed E-state index contributed by atoms with van der Waals surface area (Å²) in [4.78, 5) is 7.05. The van der Waals surface area contributed by atoms with Gasteiger partial charge in [0.05, 0.1) is 6.54 Å². The molecule has 1 saturated heterocycles. The first-order valence-corrected chi connectivity index (χ1v) is 11.1. The zero-order valence-electron chi connectivity index (χ0n) is 19.0. The van der Waals surface area contributed by atoms with E-state index in [2.05, 4.69) is 60.7 Å². The van der Waals surface area contributed by atoms with Crippen LogP contribution in [0.4, 0.5) is 0 Å². The minimum absolute atomic E-state index is 0. The Morgan fingerprint density at radius 3 is 2.70 bits per heavy atom. The van der Waals surface area contributed by atoms with E-state index in [4.69, 9.17) is 14.5 Å². The molecular weight excluding hydrogens is 491 g/mol. The van der Waals surface area contributed by atoms with Crippen LogP contribution in [0.5, 0.6) is 0 Å². The maximum Gasteiger partial charge on any atom is 0.191 e. The molecule has 0 aromatic heterocycles. The molecule has 1 heterocycles. The van der Waals surface area contributed by atoms with E-state index < -0.39 is 0 Å². The number of nitrogens with one attached hydrogen (secondary N) is 2. The van der Waals surface area contributed by atoms with E-state index in [9.17, 15) is 0 Å². The van der Waals surface area contributed by atoms with Crippen molar-refractivity contribution < 1.29 is 9.47 Å². The van der Waals surface area contributed by atoms with Crippen molar-refractivity contribution in [2.45, 2.75) is 46.2 Å². The summed E-state index contributed by atoms with van der Waals surface area (Å²) >= 11 is 0. The number of guanidine groups is 1. The monoisotopic (exact) mass is 532 g/mol. The van der Waals surface area contributed by atoms with Gasteiger partial charge in [0, 0.05) is 46.1 Å². The highest BCUT2D eigenvalue weighted by Crippen LogP contribution is 2.14. The second-order valence-electron chi connectivity index (χ2n) is 7.76. The third kappa shape index (κ3) is 11.5. The highest BCUT2D eigenvalue weighted by molar-refractivity contribution is 14.0. The van der Waals surface area contributed by atoms with Crippen molar-refractivity contribution in [2.24, 2.45) is 10.9 Å². The van der Waals surface area contributed by atoms with Gasteiger partial charge in [0.15, 0.2) is 5.96 Å². The topological polar surface area (TPSA) is 58.1 Å². The Bertz CT molecular complexity index is 594. The molecule has 172 valence electrons. The molecule has 30 heavy (non-hydrogen) atoms. The van der Waals surface area contributed by atoms with Gasteiger partial charge >= 0.3 is 0 Å². The summed E-state index contributed by atoms with van der Waals surface area (Å²) in [5.41, 5.74) is 2.57. The van der Waals surface area contributed by atoms with Gasteiger partial charge in [0.2, 0.25) is 0 Å². The largest absolute Gasteiger partial charge is 0.381 e. The molecule has 0 spiro atoms. The van der Waals surface area contributed by atoms with Crippen LogP contribution in [-0.2, 0) is 22.6 Å². The van der Waals surface area contributed by atoms with Crippen LogP contribution in [0.3, 0.4) is 0 Å². The molecule has 0 atom stereocenters. The summed E-state index contributed by atoms with van der Waals surface area (Å²) < 4.78 is 11.2. The predicted octanol–water partition coefficient (Wildman–Crippen LogP) is 3.64. The molecule has 0 amide bonds. The van der Waals surface area contributed by atoms with E-state index >= 15 is 0 Å². The second kappa shape index (κ2) is 16.8. The van der Waals surface area contributed by atoms with E-state index in [0.717, 1.165) is 77.8 Å². The zero-order chi connectivity index (χ0) is 20.7. The van der Waals surface area contributed by atoms with Gasteiger partial charge < -0.3 is 25.0 Å². The van der Waals surface area contributed by atoms with Crippen LogP contribution in [-0.4, -0.2) is 64.0 Å². The number of hydrogen-bond donors (Lipinski definition) is 2. The number of hydrogen-bond acceptors (Lipinski definition) is 4. The Labute approximate surface area is 200 Å². The van der Waals surface area contributed by atoms with Gasteiger partial charge in [-0.3, -0.25) is 0 Å². The number of nitrogens with zero attached hydrogens (tertiary/aromatic N) is 2.